The Morgan fingerprint density at radius 2 is 1.81 bits per heavy atom. The molecule has 2 aromatic rings. The number of rotatable bonds is 5. The lowest BCUT2D eigenvalue weighted by molar-refractivity contribution is 0.107. The van der Waals surface area contributed by atoms with E-state index >= 15 is 0 Å². The van der Waals surface area contributed by atoms with E-state index in [9.17, 15) is 5.11 Å². The average Bonchev–Trinajstić information content (AvgIpc) is 3.02. The van der Waals surface area contributed by atoms with Crippen LogP contribution in [-0.4, -0.2) is 32.5 Å². The van der Waals surface area contributed by atoms with E-state index in [0.717, 1.165) is 36.7 Å². The van der Waals surface area contributed by atoms with Crippen LogP contribution in [0.15, 0.2) is 29.4 Å². The Kier molecular flexibility index (Phi) is 4.93. The smallest absolute Gasteiger partial charge is 0.189 e. The van der Waals surface area contributed by atoms with Gasteiger partial charge in [0.2, 0.25) is 0 Å². The summed E-state index contributed by atoms with van der Waals surface area (Å²) in [6.07, 6.45) is 6.63. The summed E-state index contributed by atoms with van der Waals surface area (Å²) in [5.41, 5.74) is 4.68. The molecule has 0 saturated carbocycles. The zero-order valence-corrected chi connectivity index (χ0v) is 16.4. The van der Waals surface area contributed by atoms with Gasteiger partial charge in [-0.15, -0.1) is 0 Å². The third-order valence-corrected chi connectivity index (χ3v) is 6.40. The Hall–Kier alpha value is -1.59. The van der Waals surface area contributed by atoms with E-state index in [2.05, 4.69) is 29.6 Å². The maximum absolute atomic E-state index is 10.0. The summed E-state index contributed by atoms with van der Waals surface area (Å²) in [4.78, 5) is 9.64. The minimum Gasteiger partial charge on any atom is -0.390 e. The molecule has 5 heteroatoms. The van der Waals surface area contributed by atoms with E-state index in [1.807, 2.05) is 13.8 Å². The number of aliphatic hydroxyl groups is 1. The molecule has 138 valence electrons. The van der Waals surface area contributed by atoms with Crippen LogP contribution in [0.4, 0.5) is 5.82 Å². The number of benzene rings is 1. The Morgan fingerprint density at radius 1 is 1.12 bits per heavy atom. The van der Waals surface area contributed by atoms with Gasteiger partial charge in [0.05, 0.1) is 11.3 Å². The molecule has 4 nitrogen and oxygen atoms in total. The van der Waals surface area contributed by atoms with Gasteiger partial charge < -0.3 is 10.4 Å². The number of hydrogen-bond acceptors (Lipinski definition) is 5. The standard InChI is InChI=1S/C21H27N3OS/c1-21(2,25)13-26-20-23-18-10-6-5-9-17(18)19(24-20)22-16-11-14-7-3-4-8-15(14)12-16/h3-4,7-8,16,25H,5-6,9-13H2,1-2H3,(H,22,23,24). The molecular formula is C21H27N3OS. The first-order valence-corrected chi connectivity index (χ1v) is 10.5. The molecule has 1 aromatic heterocycles. The second-order valence-electron chi connectivity index (χ2n) is 8.11. The van der Waals surface area contributed by atoms with Gasteiger partial charge in [-0.05, 0) is 63.5 Å². The fourth-order valence-corrected chi connectivity index (χ4v) is 4.66. The lowest BCUT2D eigenvalue weighted by atomic mass is 9.96. The number of aryl methyl sites for hydroxylation is 1. The van der Waals surface area contributed by atoms with Gasteiger partial charge in [-0.1, -0.05) is 36.0 Å². The Labute approximate surface area is 159 Å². The molecule has 0 bridgehead atoms. The van der Waals surface area contributed by atoms with Crippen molar-refractivity contribution in [1.82, 2.24) is 9.97 Å². The van der Waals surface area contributed by atoms with Gasteiger partial charge in [-0.3, -0.25) is 0 Å². The highest BCUT2D eigenvalue weighted by molar-refractivity contribution is 7.99. The first-order chi connectivity index (χ1) is 12.5. The topological polar surface area (TPSA) is 58.0 Å². The van der Waals surface area contributed by atoms with E-state index < -0.39 is 5.60 Å². The average molecular weight is 370 g/mol. The summed E-state index contributed by atoms with van der Waals surface area (Å²) in [5.74, 6) is 1.62. The van der Waals surface area contributed by atoms with Gasteiger partial charge in [-0.25, -0.2) is 9.97 Å². The van der Waals surface area contributed by atoms with E-state index in [0.29, 0.717) is 11.8 Å². The van der Waals surface area contributed by atoms with Gasteiger partial charge >= 0.3 is 0 Å². The first-order valence-electron chi connectivity index (χ1n) is 9.56. The van der Waals surface area contributed by atoms with Crippen molar-refractivity contribution >= 4 is 17.6 Å². The fourth-order valence-electron chi connectivity index (χ4n) is 3.85. The molecule has 2 aliphatic carbocycles. The number of anilines is 1. The Balaban J connectivity index is 1.56. The van der Waals surface area contributed by atoms with Gasteiger partial charge in [0, 0.05) is 17.4 Å². The molecule has 1 heterocycles. The second kappa shape index (κ2) is 7.20. The van der Waals surface area contributed by atoms with Crippen molar-refractivity contribution in [3.63, 3.8) is 0 Å². The predicted octanol–water partition coefficient (Wildman–Crippen LogP) is 3.80. The molecule has 0 radical (unpaired) electrons. The number of fused-ring (bicyclic) bond motifs is 2. The quantitative estimate of drug-likeness (QED) is 0.620. The minimum absolute atomic E-state index is 0.403. The highest BCUT2D eigenvalue weighted by Gasteiger charge is 2.25. The van der Waals surface area contributed by atoms with Gasteiger partial charge in [0.15, 0.2) is 5.16 Å². The molecule has 0 fully saturated rings. The van der Waals surface area contributed by atoms with Crippen molar-refractivity contribution in [2.24, 2.45) is 0 Å². The SMILES string of the molecule is CC(C)(O)CSc1nc2c(c(NC3Cc4ccccc4C3)n1)CCCC2. The maximum atomic E-state index is 10.0. The van der Waals surface area contributed by atoms with Crippen LogP contribution in [0.3, 0.4) is 0 Å². The normalized spacial score (nSPS) is 17.0. The van der Waals surface area contributed by atoms with Gasteiger partial charge in [0.1, 0.15) is 5.82 Å². The minimum atomic E-state index is -0.718. The van der Waals surface area contributed by atoms with Crippen molar-refractivity contribution in [3.05, 3.63) is 46.6 Å². The predicted molar refractivity (Wildman–Crippen MR) is 107 cm³/mol. The van der Waals surface area contributed by atoms with Crippen LogP contribution < -0.4 is 5.32 Å². The molecule has 0 aliphatic heterocycles. The number of aromatic nitrogens is 2. The Morgan fingerprint density at radius 3 is 2.50 bits per heavy atom. The van der Waals surface area contributed by atoms with Crippen molar-refractivity contribution in [2.45, 2.75) is 69.2 Å². The van der Waals surface area contributed by atoms with E-state index in [4.69, 9.17) is 9.97 Å². The molecule has 0 unspecified atom stereocenters. The number of thioether (sulfide) groups is 1. The molecule has 0 spiro atoms. The molecule has 26 heavy (non-hydrogen) atoms. The van der Waals surface area contributed by atoms with Crippen LogP contribution in [0, 0.1) is 0 Å². The molecular weight excluding hydrogens is 342 g/mol. The summed E-state index contributed by atoms with van der Waals surface area (Å²) >= 11 is 1.55. The lowest BCUT2D eigenvalue weighted by Gasteiger charge is -2.23. The van der Waals surface area contributed by atoms with Crippen molar-refractivity contribution in [3.8, 4) is 0 Å². The second-order valence-corrected chi connectivity index (χ2v) is 9.05. The highest BCUT2D eigenvalue weighted by Crippen LogP contribution is 2.31. The number of nitrogens with zero attached hydrogens (tertiary/aromatic N) is 2. The third kappa shape index (κ3) is 4.04. The van der Waals surface area contributed by atoms with Crippen molar-refractivity contribution in [1.29, 1.82) is 0 Å². The monoisotopic (exact) mass is 369 g/mol. The maximum Gasteiger partial charge on any atom is 0.189 e. The third-order valence-electron chi connectivity index (χ3n) is 5.11. The summed E-state index contributed by atoms with van der Waals surface area (Å²) < 4.78 is 0. The van der Waals surface area contributed by atoms with Crippen molar-refractivity contribution in [2.75, 3.05) is 11.1 Å². The first kappa shape index (κ1) is 17.8. The Bertz CT molecular complexity index is 775. The zero-order valence-electron chi connectivity index (χ0n) is 15.6. The summed E-state index contributed by atoms with van der Waals surface area (Å²) in [5, 5.41) is 14.5. The van der Waals surface area contributed by atoms with Crippen LogP contribution in [0.25, 0.3) is 0 Å². The fraction of sp³-hybridized carbons (Fsp3) is 0.524. The zero-order chi connectivity index (χ0) is 18.1. The number of hydrogen-bond donors (Lipinski definition) is 2. The highest BCUT2D eigenvalue weighted by atomic mass is 32.2. The number of nitrogens with one attached hydrogen (secondary N) is 1. The molecule has 2 aliphatic rings. The summed E-state index contributed by atoms with van der Waals surface area (Å²) in [7, 11) is 0. The van der Waals surface area contributed by atoms with Crippen LogP contribution in [0.1, 0.15) is 49.1 Å². The molecule has 1 aromatic carbocycles. The van der Waals surface area contributed by atoms with Crippen LogP contribution in [0.5, 0.6) is 0 Å². The van der Waals surface area contributed by atoms with Crippen LogP contribution in [-0.2, 0) is 25.7 Å². The summed E-state index contributed by atoms with van der Waals surface area (Å²) in [6, 6.07) is 9.12. The largest absolute Gasteiger partial charge is 0.390 e. The van der Waals surface area contributed by atoms with Gasteiger partial charge in [0.25, 0.3) is 0 Å². The molecule has 4 rings (SSSR count). The molecule has 2 N–H and O–H groups in total. The lowest BCUT2D eigenvalue weighted by Crippen LogP contribution is -2.24. The van der Waals surface area contributed by atoms with Crippen LogP contribution >= 0.6 is 11.8 Å². The van der Waals surface area contributed by atoms with Crippen LogP contribution in [0.2, 0.25) is 0 Å². The molecule has 0 amide bonds. The van der Waals surface area contributed by atoms with Gasteiger partial charge in [-0.2, -0.15) is 0 Å². The summed E-state index contributed by atoms with van der Waals surface area (Å²) in [6.45, 7) is 3.65. The molecule has 0 saturated heterocycles. The molecule has 0 atom stereocenters. The van der Waals surface area contributed by atoms with E-state index in [1.165, 1.54) is 35.2 Å². The van der Waals surface area contributed by atoms with Crippen molar-refractivity contribution < 1.29 is 5.11 Å². The van der Waals surface area contributed by atoms with E-state index in [-0.39, 0.29) is 0 Å². The van der Waals surface area contributed by atoms with E-state index in [1.54, 1.807) is 11.8 Å².